The van der Waals surface area contributed by atoms with Crippen molar-refractivity contribution < 1.29 is 27.4 Å². The SMILES string of the molecule is COc1cc2ncnc(N3CCc4ccc(NC(=O)C(F)(F)F)cc43)c2cc1OC. The molecule has 0 aliphatic carbocycles. The Labute approximate surface area is 169 Å². The summed E-state index contributed by atoms with van der Waals surface area (Å²) in [5, 5.41) is 2.60. The van der Waals surface area contributed by atoms with E-state index in [4.69, 9.17) is 9.47 Å². The number of anilines is 3. The minimum Gasteiger partial charge on any atom is -0.493 e. The smallest absolute Gasteiger partial charge is 0.471 e. The topological polar surface area (TPSA) is 76.6 Å². The number of halogens is 3. The second-order valence-corrected chi connectivity index (χ2v) is 6.62. The van der Waals surface area contributed by atoms with Gasteiger partial charge in [0.05, 0.1) is 19.7 Å². The van der Waals surface area contributed by atoms with Crippen LogP contribution in [0.1, 0.15) is 5.56 Å². The van der Waals surface area contributed by atoms with Gasteiger partial charge in [-0.3, -0.25) is 4.79 Å². The van der Waals surface area contributed by atoms with Crippen molar-refractivity contribution in [1.82, 2.24) is 9.97 Å². The van der Waals surface area contributed by atoms with Crippen LogP contribution in [0.2, 0.25) is 0 Å². The highest BCUT2D eigenvalue weighted by Crippen LogP contribution is 2.40. The molecule has 30 heavy (non-hydrogen) atoms. The Morgan fingerprint density at radius 2 is 1.83 bits per heavy atom. The summed E-state index contributed by atoms with van der Waals surface area (Å²) in [5.41, 5.74) is 2.30. The number of ether oxygens (including phenoxy) is 2. The Morgan fingerprint density at radius 3 is 2.53 bits per heavy atom. The van der Waals surface area contributed by atoms with E-state index in [9.17, 15) is 18.0 Å². The third kappa shape index (κ3) is 3.44. The highest BCUT2D eigenvalue weighted by molar-refractivity contribution is 5.97. The number of aromatic nitrogens is 2. The zero-order chi connectivity index (χ0) is 21.5. The van der Waals surface area contributed by atoms with Gasteiger partial charge in [0.25, 0.3) is 0 Å². The maximum Gasteiger partial charge on any atom is 0.471 e. The normalized spacial score (nSPS) is 13.3. The second kappa shape index (κ2) is 7.36. The van der Waals surface area contributed by atoms with E-state index in [0.717, 1.165) is 5.56 Å². The average molecular weight is 418 g/mol. The van der Waals surface area contributed by atoms with Crippen molar-refractivity contribution >= 4 is 34.0 Å². The van der Waals surface area contributed by atoms with E-state index < -0.39 is 12.1 Å². The van der Waals surface area contributed by atoms with E-state index in [1.807, 2.05) is 10.2 Å². The predicted octanol–water partition coefficient (Wildman–Crippen LogP) is 3.84. The molecule has 0 atom stereocenters. The van der Waals surface area contributed by atoms with Crippen LogP contribution < -0.4 is 19.7 Å². The number of hydrogen-bond donors (Lipinski definition) is 1. The maximum absolute atomic E-state index is 12.6. The monoisotopic (exact) mass is 418 g/mol. The molecule has 0 spiro atoms. The first-order valence-electron chi connectivity index (χ1n) is 8.97. The van der Waals surface area contributed by atoms with Crippen LogP contribution in [0.25, 0.3) is 10.9 Å². The second-order valence-electron chi connectivity index (χ2n) is 6.62. The largest absolute Gasteiger partial charge is 0.493 e. The fraction of sp³-hybridized carbons (Fsp3) is 0.250. The molecule has 0 bridgehead atoms. The van der Waals surface area contributed by atoms with E-state index in [-0.39, 0.29) is 5.69 Å². The van der Waals surface area contributed by atoms with Crippen LogP contribution in [0.4, 0.5) is 30.4 Å². The number of carbonyl (C=O) groups excluding carboxylic acids is 1. The molecule has 2 aromatic carbocycles. The van der Waals surface area contributed by atoms with E-state index in [2.05, 4.69) is 9.97 Å². The zero-order valence-electron chi connectivity index (χ0n) is 16.1. The lowest BCUT2D eigenvalue weighted by Gasteiger charge is -2.21. The number of alkyl halides is 3. The molecule has 7 nitrogen and oxygen atoms in total. The fourth-order valence-corrected chi connectivity index (χ4v) is 3.46. The van der Waals surface area contributed by atoms with Crippen molar-refractivity contribution in [2.45, 2.75) is 12.6 Å². The van der Waals surface area contributed by atoms with Crippen LogP contribution >= 0.6 is 0 Å². The number of nitrogens with one attached hydrogen (secondary N) is 1. The third-order valence-corrected chi connectivity index (χ3v) is 4.87. The maximum atomic E-state index is 12.6. The van der Waals surface area contributed by atoms with Gasteiger partial charge in [0.1, 0.15) is 12.1 Å². The first-order chi connectivity index (χ1) is 14.3. The molecule has 1 aromatic heterocycles. The minimum absolute atomic E-state index is 0.0561. The summed E-state index contributed by atoms with van der Waals surface area (Å²) >= 11 is 0. The Morgan fingerprint density at radius 1 is 1.10 bits per heavy atom. The van der Waals surface area contributed by atoms with Crippen LogP contribution in [0.5, 0.6) is 11.5 Å². The molecule has 4 rings (SSSR count). The van der Waals surface area contributed by atoms with Gasteiger partial charge >= 0.3 is 12.1 Å². The lowest BCUT2D eigenvalue weighted by atomic mass is 10.1. The Balaban J connectivity index is 1.76. The molecule has 1 N–H and O–H groups in total. The summed E-state index contributed by atoms with van der Waals surface area (Å²) in [6.07, 6.45) is -2.87. The molecule has 0 saturated heterocycles. The van der Waals surface area contributed by atoms with Crippen LogP contribution in [0.3, 0.4) is 0 Å². The summed E-state index contributed by atoms with van der Waals surface area (Å²) in [5.74, 6) is -0.407. The number of methoxy groups -OCH3 is 2. The number of hydrogen-bond acceptors (Lipinski definition) is 6. The molecule has 0 saturated carbocycles. The van der Waals surface area contributed by atoms with Gasteiger partial charge in [0.2, 0.25) is 0 Å². The highest BCUT2D eigenvalue weighted by Gasteiger charge is 2.39. The van der Waals surface area contributed by atoms with E-state index in [1.54, 1.807) is 18.2 Å². The summed E-state index contributed by atoms with van der Waals surface area (Å²) in [7, 11) is 3.05. The molecular weight excluding hydrogens is 401 g/mol. The Kier molecular flexibility index (Phi) is 4.84. The molecule has 10 heteroatoms. The summed E-state index contributed by atoms with van der Waals surface area (Å²) in [6, 6.07) is 8.17. The van der Waals surface area contributed by atoms with E-state index in [0.29, 0.717) is 46.9 Å². The molecule has 0 radical (unpaired) electrons. The molecule has 0 unspecified atom stereocenters. The van der Waals surface area contributed by atoms with Crippen LogP contribution in [0, 0.1) is 0 Å². The molecule has 1 aliphatic heterocycles. The first kappa shape index (κ1) is 19.7. The van der Waals surface area contributed by atoms with E-state index >= 15 is 0 Å². The average Bonchev–Trinajstić information content (AvgIpc) is 3.14. The number of rotatable bonds is 4. The molecule has 0 fully saturated rings. The minimum atomic E-state index is -4.96. The van der Waals surface area contributed by atoms with Crippen molar-refractivity contribution in [3.05, 3.63) is 42.2 Å². The van der Waals surface area contributed by atoms with Crippen molar-refractivity contribution in [3.63, 3.8) is 0 Å². The molecular formula is C20H17F3N4O3. The molecule has 1 aliphatic rings. The number of benzene rings is 2. The first-order valence-corrected chi connectivity index (χ1v) is 8.97. The van der Waals surface area contributed by atoms with Gasteiger partial charge in [0.15, 0.2) is 11.5 Å². The van der Waals surface area contributed by atoms with Crippen LogP contribution in [-0.2, 0) is 11.2 Å². The van der Waals surface area contributed by atoms with Crippen molar-refractivity contribution in [1.29, 1.82) is 0 Å². The lowest BCUT2D eigenvalue weighted by molar-refractivity contribution is -0.167. The summed E-state index contributed by atoms with van der Waals surface area (Å²) < 4.78 is 48.5. The van der Waals surface area contributed by atoms with Crippen LogP contribution in [-0.4, -0.2) is 42.8 Å². The van der Waals surface area contributed by atoms with Gasteiger partial charge in [-0.1, -0.05) is 6.07 Å². The van der Waals surface area contributed by atoms with Crippen molar-refractivity contribution in [3.8, 4) is 11.5 Å². The number of nitrogens with zero attached hydrogens (tertiary/aromatic N) is 3. The molecule has 3 aromatic rings. The Bertz CT molecular complexity index is 1130. The number of amides is 1. The van der Waals surface area contributed by atoms with Gasteiger partial charge in [-0.05, 0) is 30.2 Å². The van der Waals surface area contributed by atoms with Crippen LogP contribution in [0.15, 0.2) is 36.7 Å². The van der Waals surface area contributed by atoms with Gasteiger partial charge in [-0.15, -0.1) is 0 Å². The molecule has 1 amide bonds. The van der Waals surface area contributed by atoms with E-state index in [1.165, 1.54) is 32.7 Å². The number of fused-ring (bicyclic) bond motifs is 2. The quantitative estimate of drug-likeness (QED) is 0.694. The molecule has 2 heterocycles. The van der Waals surface area contributed by atoms with Gasteiger partial charge in [-0.25, -0.2) is 9.97 Å². The lowest BCUT2D eigenvalue weighted by Crippen LogP contribution is -2.29. The van der Waals surface area contributed by atoms with Crippen molar-refractivity contribution in [2.24, 2.45) is 0 Å². The zero-order valence-corrected chi connectivity index (χ0v) is 16.1. The predicted molar refractivity (Wildman–Crippen MR) is 104 cm³/mol. The molecule has 156 valence electrons. The number of carbonyl (C=O) groups is 1. The van der Waals surface area contributed by atoms with Gasteiger partial charge < -0.3 is 19.7 Å². The summed E-state index contributed by atoms with van der Waals surface area (Å²) in [4.78, 5) is 21.9. The summed E-state index contributed by atoms with van der Waals surface area (Å²) in [6.45, 7) is 0.576. The Hall–Kier alpha value is -3.56. The van der Waals surface area contributed by atoms with Crippen molar-refractivity contribution in [2.75, 3.05) is 31.0 Å². The highest BCUT2D eigenvalue weighted by atomic mass is 19.4. The fourth-order valence-electron chi connectivity index (χ4n) is 3.46. The third-order valence-electron chi connectivity index (χ3n) is 4.87. The standard InChI is InChI=1S/C20H17F3N4O3/c1-29-16-8-13-14(9-17(16)30-2)24-10-25-18(13)27-6-5-11-3-4-12(7-15(11)27)26-19(28)20(21,22)23/h3-4,7-10H,5-6H2,1-2H3,(H,26,28). The van der Waals surface area contributed by atoms with Gasteiger partial charge in [-0.2, -0.15) is 13.2 Å². The van der Waals surface area contributed by atoms with Gasteiger partial charge in [0, 0.05) is 29.4 Å².